The van der Waals surface area contributed by atoms with Crippen molar-refractivity contribution in [2.75, 3.05) is 20.3 Å². The molecule has 1 aliphatic heterocycles. The predicted molar refractivity (Wildman–Crippen MR) is 100 cm³/mol. The Hall–Kier alpha value is -2.86. The highest BCUT2D eigenvalue weighted by molar-refractivity contribution is 5.85. The van der Waals surface area contributed by atoms with Gasteiger partial charge in [-0.3, -0.25) is 9.69 Å². The Kier molecular flexibility index (Phi) is 4.58. The molecule has 2 aromatic carbocycles. The van der Waals surface area contributed by atoms with E-state index in [0.717, 1.165) is 11.1 Å². The van der Waals surface area contributed by atoms with Crippen LogP contribution in [0.2, 0.25) is 0 Å². The Bertz CT molecular complexity index is 836. The van der Waals surface area contributed by atoms with Crippen LogP contribution in [-0.2, 0) is 14.3 Å². The molecule has 27 heavy (non-hydrogen) atoms. The van der Waals surface area contributed by atoms with Crippen LogP contribution in [0.1, 0.15) is 23.5 Å². The van der Waals surface area contributed by atoms with Crippen molar-refractivity contribution in [1.82, 2.24) is 4.90 Å². The molecule has 6 heteroatoms. The number of nitrogens with two attached hydrogens (primary N) is 1. The van der Waals surface area contributed by atoms with Crippen molar-refractivity contribution < 1.29 is 19.1 Å². The number of rotatable bonds is 4. The summed E-state index contributed by atoms with van der Waals surface area (Å²) in [5.74, 6) is -0.558. The van der Waals surface area contributed by atoms with Crippen LogP contribution in [-0.4, -0.2) is 49.3 Å². The maximum atomic E-state index is 12.6. The van der Waals surface area contributed by atoms with Crippen molar-refractivity contribution in [1.29, 1.82) is 0 Å². The van der Waals surface area contributed by atoms with Gasteiger partial charge in [-0.15, -0.1) is 0 Å². The number of nitrogens with zero attached hydrogens (tertiary/aromatic N) is 1. The molecule has 6 nitrogen and oxygen atoms in total. The van der Waals surface area contributed by atoms with E-state index < -0.39 is 18.0 Å². The van der Waals surface area contributed by atoms with E-state index in [4.69, 9.17) is 15.2 Å². The number of likely N-dealkylation sites (tertiary alicyclic amines) is 1. The number of benzene rings is 2. The second-order valence-corrected chi connectivity index (χ2v) is 6.97. The van der Waals surface area contributed by atoms with Crippen LogP contribution in [0.5, 0.6) is 0 Å². The van der Waals surface area contributed by atoms with Gasteiger partial charge in [-0.2, -0.15) is 0 Å². The fourth-order valence-corrected chi connectivity index (χ4v) is 4.12. The quantitative estimate of drug-likeness (QED) is 0.901. The minimum atomic E-state index is -0.689. The lowest BCUT2D eigenvalue weighted by Gasteiger charge is -2.23. The van der Waals surface area contributed by atoms with Crippen molar-refractivity contribution in [2.45, 2.75) is 24.5 Å². The van der Waals surface area contributed by atoms with E-state index in [0.29, 0.717) is 13.0 Å². The van der Waals surface area contributed by atoms with Gasteiger partial charge in [-0.05, 0) is 22.3 Å². The maximum Gasteiger partial charge on any atom is 0.410 e. The van der Waals surface area contributed by atoms with E-state index >= 15 is 0 Å². The van der Waals surface area contributed by atoms with Gasteiger partial charge < -0.3 is 15.2 Å². The zero-order valence-electron chi connectivity index (χ0n) is 15.1. The summed E-state index contributed by atoms with van der Waals surface area (Å²) in [5.41, 5.74) is 10.1. The van der Waals surface area contributed by atoms with E-state index in [1.807, 2.05) is 24.3 Å². The topological polar surface area (TPSA) is 81.9 Å². The fourth-order valence-electron chi connectivity index (χ4n) is 4.12. The molecule has 1 saturated heterocycles. The monoisotopic (exact) mass is 366 g/mol. The highest BCUT2D eigenvalue weighted by Gasteiger charge is 2.40. The van der Waals surface area contributed by atoms with Crippen molar-refractivity contribution >= 4 is 12.0 Å². The standard InChI is InChI=1S/C21H22N2O4/c1-26-13-10-19(20(22)24)23(11-13)21(25)27-12-18-16-8-4-2-6-14(16)15-7-3-5-9-17(15)18/h2-9,13,18-19H,10-12H2,1H3,(H2,22,24). The lowest BCUT2D eigenvalue weighted by atomic mass is 9.98. The maximum absolute atomic E-state index is 12.6. The Labute approximate surface area is 157 Å². The zero-order chi connectivity index (χ0) is 19.0. The highest BCUT2D eigenvalue weighted by Crippen LogP contribution is 2.44. The van der Waals surface area contributed by atoms with Gasteiger partial charge in [0.1, 0.15) is 12.6 Å². The molecule has 1 aliphatic carbocycles. The number of fused-ring (bicyclic) bond motifs is 3. The molecule has 0 saturated carbocycles. The Morgan fingerprint density at radius 3 is 2.22 bits per heavy atom. The van der Waals surface area contributed by atoms with Crippen molar-refractivity contribution in [3.8, 4) is 11.1 Å². The van der Waals surface area contributed by atoms with Crippen LogP contribution in [0.25, 0.3) is 11.1 Å². The van der Waals surface area contributed by atoms with Gasteiger partial charge >= 0.3 is 6.09 Å². The molecule has 1 heterocycles. The van der Waals surface area contributed by atoms with Gasteiger partial charge in [0.25, 0.3) is 0 Å². The highest BCUT2D eigenvalue weighted by atomic mass is 16.6. The number of carbonyl (C=O) groups excluding carboxylic acids is 2. The molecule has 2 aromatic rings. The van der Waals surface area contributed by atoms with Crippen LogP contribution in [0, 0.1) is 0 Å². The van der Waals surface area contributed by atoms with Crippen LogP contribution in [0.3, 0.4) is 0 Å². The molecule has 2 atom stereocenters. The molecule has 0 spiro atoms. The Morgan fingerprint density at radius 1 is 1.07 bits per heavy atom. The molecule has 0 aromatic heterocycles. The van der Waals surface area contributed by atoms with Crippen LogP contribution in [0.4, 0.5) is 4.79 Å². The molecule has 2 aliphatic rings. The van der Waals surface area contributed by atoms with E-state index in [2.05, 4.69) is 24.3 Å². The summed E-state index contributed by atoms with van der Waals surface area (Å²) in [6.45, 7) is 0.521. The van der Waals surface area contributed by atoms with E-state index in [9.17, 15) is 9.59 Å². The number of hydrogen-bond donors (Lipinski definition) is 1. The summed E-state index contributed by atoms with van der Waals surface area (Å²) >= 11 is 0. The van der Waals surface area contributed by atoms with Crippen LogP contribution in [0.15, 0.2) is 48.5 Å². The summed E-state index contributed by atoms with van der Waals surface area (Å²) in [5, 5.41) is 0. The first kappa shape index (κ1) is 17.5. The second kappa shape index (κ2) is 7.04. The largest absolute Gasteiger partial charge is 0.448 e. The van der Waals surface area contributed by atoms with Gasteiger partial charge in [-0.1, -0.05) is 48.5 Å². The lowest BCUT2D eigenvalue weighted by molar-refractivity contribution is -0.122. The van der Waals surface area contributed by atoms with Crippen molar-refractivity contribution in [2.24, 2.45) is 5.73 Å². The number of hydrogen-bond acceptors (Lipinski definition) is 4. The first-order valence-corrected chi connectivity index (χ1v) is 9.04. The SMILES string of the molecule is COC1CC(C(N)=O)N(C(=O)OCC2c3ccccc3-c3ccccc32)C1. The summed E-state index contributed by atoms with van der Waals surface area (Å²) in [4.78, 5) is 25.7. The van der Waals surface area contributed by atoms with Gasteiger partial charge in [0.15, 0.2) is 0 Å². The average Bonchev–Trinajstić information content (AvgIpc) is 3.26. The van der Waals surface area contributed by atoms with Gasteiger partial charge in [0.05, 0.1) is 12.6 Å². The predicted octanol–water partition coefficient (Wildman–Crippen LogP) is 2.51. The first-order valence-electron chi connectivity index (χ1n) is 9.04. The second-order valence-electron chi connectivity index (χ2n) is 6.97. The number of ether oxygens (including phenoxy) is 2. The number of primary amides is 1. The third kappa shape index (κ3) is 3.06. The summed E-state index contributed by atoms with van der Waals surface area (Å²) in [6.07, 6.45) is -0.334. The van der Waals surface area contributed by atoms with Crippen LogP contribution < -0.4 is 5.73 Å². The summed E-state index contributed by atoms with van der Waals surface area (Å²) < 4.78 is 10.9. The smallest absolute Gasteiger partial charge is 0.410 e. The third-order valence-electron chi connectivity index (χ3n) is 5.50. The summed E-state index contributed by atoms with van der Waals surface area (Å²) in [6, 6.07) is 15.6. The van der Waals surface area contributed by atoms with Gasteiger partial charge in [0.2, 0.25) is 5.91 Å². The molecule has 140 valence electrons. The number of carbonyl (C=O) groups is 2. The van der Waals surface area contributed by atoms with E-state index in [1.54, 1.807) is 7.11 Å². The van der Waals surface area contributed by atoms with Crippen molar-refractivity contribution in [3.05, 3.63) is 59.7 Å². The third-order valence-corrected chi connectivity index (χ3v) is 5.50. The molecule has 2 unspecified atom stereocenters. The lowest BCUT2D eigenvalue weighted by Crippen LogP contribution is -2.44. The van der Waals surface area contributed by atoms with Crippen LogP contribution >= 0.6 is 0 Å². The Balaban J connectivity index is 1.52. The first-order chi connectivity index (χ1) is 13.1. The molecule has 2 N–H and O–H groups in total. The fraction of sp³-hybridized carbons (Fsp3) is 0.333. The molecule has 1 fully saturated rings. The molecule has 0 bridgehead atoms. The number of methoxy groups -OCH3 is 1. The molecular formula is C21H22N2O4. The molecule has 0 radical (unpaired) electrons. The molecular weight excluding hydrogens is 344 g/mol. The van der Waals surface area contributed by atoms with E-state index in [-0.39, 0.29) is 18.6 Å². The summed E-state index contributed by atoms with van der Waals surface area (Å²) in [7, 11) is 1.56. The normalized spacial score (nSPS) is 21.0. The minimum Gasteiger partial charge on any atom is -0.448 e. The molecule has 2 amide bonds. The minimum absolute atomic E-state index is 0.0193. The van der Waals surface area contributed by atoms with Crippen molar-refractivity contribution in [3.63, 3.8) is 0 Å². The van der Waals surface area contributed by atoms with E-state index in [1.165, 1.54) is 16.0 Å². The van der Waals surface area contributed by atoms with Gasteiger partial charge in [0, 0.05) is 19.4 Å². The van der Waals surface area contributed by atoms with Gasteiger partial charge in [-0.25, -0.2) is 4.79 Å². The average molecular weight is 366 g/mol. The molecule has 4 rings (SSSR count). The zero-order valence-corrected chi connectivity index (χ0v) is 15.1. The Morgan fingerprint density at radius 2 is 1.67 bits per heavy atom. The number of amides is 2.